The van der Waals surface area contributed by atoms with Gasteiger partial charge < -0.3 is 10.6 Å². The molecule has 0 bridgehead atoms. The number of nitrogens with one attached hydrogen (secondary N) is 2. The van der Waals surface area contributed by atoms with Crippen LogP contribution in [0.3, 0.4) is 0 Å². The van der Waals surface area contributed by atoms with Crippen LogP contribution in [-0.2, 0) is 0 Å². The van der Waals surface area contributed by atoms with E-state index < -0.39 is 0 Å². The van der Waals surface area contributed by atoms with E-state index in [2.05, 4.69) is 42.5 Å². The van der Waals surface area contributed by atoms with Gasteiger partial charge in [0.15, 0.2) is 0 Å². The number of hydrogen-bond donors (Lipinski definition) is 2. The zero-order valence-corrected chi connectivity index (χ0v) is 12.5. The third kappa shape index (κ3) is 3.58. The van der Waals surface area contributed by atoms with Crippen LogP contribution in [0.2, 0.25) is 0 Å². The Morgan fingerprint density at radius 2 is 1.67 bits per heavy atom. The Labute approximate surface area is 122 Å². The molecular formula is C13H10Br2N2O. The number of urea groups is 1. The van der Waals surface area contributed by atoms with Gasteiger partial charge in [0.25, 0.3) is 0 Å². The number of carbonyl (C=O) groups excluding carboxylic acids is 1. The summed E-state index contributed by atoms with van der Waals surface area (Å²) in [5, 5.41) is 5.52. The summed E-state index contributed by atoms with van der Waals surface area (Å²) in [6.45, 7) is 0. The van der Waals surface area contributed by atoms with E-state index >= 15 is 0 Å². The maximum absolute atomic E-state index is 11.8. The predicted octanol–water partition coefficient (Wildman–Crippen LogP) is 4.86. The van der Waals surface area contributed by atoms with Gasteiger partial charge in [0.1, 0.15) is 0 Å². The first-order valence-corrected chi connectivity index (χ1v) is 6.82. The fourth-order valence-electron chi connectivity index (χ4n) is 1.40. The number of anilines is 2. The minimum Gasteiger partial charge on any atom is -0.308 e. The molecule has 0 radical (unpaired) electrons. The molecule has 18 heavy (non-hydrogen) atoms. The maximum Gasteiger partial charge on any atom is 0.323 e. The predicted molar refractivity (Wildman–Crippen MR) is 80.9 cm³/mol. The number of amides is 2. The van der Waals surface area contributed by atoms with Gasteiger partial charge in [0, 0.05) is 14.6 Å². The summed E-state index contributed by atoms with van der Waals surface area (Å²) in [6.07, 6.45) is 0. The molecule has 0 saturated heterocycles. The molecule has 0 aromatic heterocycles. The summed E-state index contributed by atoms with van der Waals surface area (Å²) in [5.41, 5.74) is 1.47. The largest absolute Gasteiger partial charge is 0.323 e. The minimum absolute atomic E-state index is 0.274. The van der Waals surface area contributed by atoms with Gasteiger partial charge >= 0.3 is 6.03 Å². The lowest BCUT2D eigenvalue weighted by atomic mass is 10.3. The lowest BCUT2D eigenvalue weighted by Crippen LogP contribution is -2.19. The summed E-state index contributed by atoms with van der Waals surface area (Å²) in [5.74, 6) is 0. The molecule has 2 N–H and O–H groups in total. The number of halogens is 2. The van der Waals surface area contributed by atoms with E-state index in [-0.39, 0.29) is 6.03 Å². The van der Waals surface area contributed by atoms with Crippen molar-refractivity contribution in [2.75, 3.05) is 10.6 Å². The molecule has 2 rings (SSSR count). The van der Waals surface area contributed by atoms with E-state index in [1.54, 1.807) is 0 Å². The number of carbonyl (C=O) groups is 1. The molecule has 92 valence electrons. The molecule has 0 fully saturated rings. The van der Waals surface area contributed by atoms with Crippen molar-refractivity contribution in [3.63, 3.8) is 0 Å². The Hall–Kier alpha value is -1.33. The summed E-state index contributed by atoms with van der Waals surface area (Å²) in [6, 6.07) is 14.6. The highest BCUT2D eigenvalue weighted by atomic mass is 79.9. The molecule has 3 nitrogen and oxygen atoms in total. The van der Waals surface area contributed by atoms with Crippen LogP contribution in [0.25, 0.3) is 0 Å². The SMILES string of the molecule is O=C(Nc1ccccc1)Nc1ccc(Br)cc1Br. The molecule has 0 aliphatic carbocycles. The Bertz CT molecular complexity index is 558. The zero-order chi connectivity index (χ0) is 13.0. The quantitative estimate of drug-likeness (QED) is 0.780. The van der Waals surface area contributed by atoms with Gasteiger partial charge in [0.2, 0.25) is 0 Å². The standard InChI is InChI=1S/C13H10Br2N2O/c14-9-6-7-12(11(15)8-9)17-13(18)16-10-4-2-1-3-5-10/h1-8H,(H2,16,17,18). The molecule has 5 heteroatoms. The lowest BCUT2D eigenvalue weighted by molar-refractivity contribution is 0.262. The average molecular weight is 370 g/mol. The van der Waals surface area contributed by atoms with Crippen LogP contribution in [0.5, 0.6) is 0 Å². The molecule has 2 aromatic carbocycles. The number of para-hydroxylation sites is 1. The van der Waals surface area contributed by atoms with E-state index in [4.69, 9.17) is 0 Å². The second-order valence-corrected chi connectivity index (χ2v) is 5.34. The molecule has 0 aliphatic rings. The van der Waals surface area contributed by atoms with Gasteiger partial charge in [-0.3, -0.25) is 0 Å². The Morgan fingerprint density at radius 1 is 0.944 bits per heavy atom. The molecule has 0 atom stereocenters. The van der Waals surface area contributed by atoms with Crippen molar-refractivity contribution in [2.45, 2.75) is 0 Å². The Kier molecular flexibility index (Phi) is 4.38. The smallest absolute Gasteiger partial charge is 0.308 e. The average Bonchev–Trinajstić information content (AvgIpc) is 2.34. The van der Waals surface area contributed by atoms with Gasteiger partial charge in [-0.2, -0.15) is 0 Å². The van der Waals surface area contributed by atoms with Gasteiger partial charge in [0.05, 0.1) is 5.69 Å². The first-order chi connectivity index (χ1) is 8.65. The zero-order valence-electron chi connectivity index (χ0n) is 9.28. The van der Waals surface area contributed by atoms with E-state index in [1.165, 1.54) is 0 Å². The lowest BCUT2D eigenvalue weighted by Gasteiger charge is -2.09. The van der Waals surface area contributed by atoms with E-state index in [0.29, 0.717) is 5.69 Å². The van der Waals surface area contributed by atoms with Crippen molar-refractivity contribution in [3.05, 3.63) is 57.5 Å². The van der Waals surface area contributed by atoms with Crippen LogP contribution in [0, 0.1) is 0 Å². The van der Waals surface area contributed by atoms with Crippen LogP contribution in [0.4, 0.5) is 16.2 Å². The molecular weight excluding hydrogens is 360 g/mol. The summed E-state index contributed by atoms with van der Waals surface area (Å²) >= 11 is 6.75. The Balaban J connectivity index is 2.03. The van der Waals surface area contributed by atoms with Crippen LogP contribution in [0.1, 0.15) is 0 Å². The first kappa shape index (κ1) is 13.1. The van der Waals surface area contributed by atoms with E-state index in [0.717, 1.165) is 14.6 Å². The van der Waals surface area contributed by atoms with Gasteiger partial charge in [-0.25, -0.2) is 4.79 Å². The van der Waals surface area contributed by atoms with Crippen molar-refractivity contribution in [3.8, 4) is 0 Å². The van der Waals surface area contributed by atoms with Gasteiger partial charge in [-0.1, -0.05) is 34.1 Å². The number of benzene rings is 2. The third-order valence-electron chi connectivity index (χ3n) is 2.21. The highest BCUT2D eigenvalue weighted by Gasteiger charge is 2.05. The van der Waals surface area contributed by atoms with Crippen molar-refractivity contribution in [1.82, 2.24) is 0 Å². The number of rotatable bonds is 2. The highest BCUT2D eigenvalue weighted by Crippen LogP contribution is 2.26. The summed E-state index contributed by atoms with van der Waals surface area (Å²) in [7, 11) is 0. The van der Waals surface area contributed by atoms with Crippen LogP contribution >= 0.6 is 31.9 Å². The normalized spacial score (nSPS) is 9.89. The molecule has 0 unspecified atom stereocenters. The fraction of sp³-hybridized carbons (Fsp3) is 0. The monoisotopic (exact) mass is 368 g/mol. The molecule has 0 aliphatic heterocycles. The van der Waals surface area contributed by atoms with E-state index in [1.807, 2.05) is 48.5 Å². The second kappa shape index (κ2) is 6.02. The second-order valence-electron chi connectivity index (χ2n) is 3.57. The van der Waals surface area contributed by atoms with Crippen LogP contribution in [0.15, 0.2) is 57.5 Å². The topological polar surface area (TPSA) is 41.1 Å². The van der Waals surface area contributed by atoms with E-state index in [9.17, 15) is 4.79 Å². The molecule has 0 spiro atoms. The van der Waals surface area contributed by atoms with Crippen molar-refractivity contribution >= 4 is 49.3 Å². The number of hydrogen-bond acceptors (Lipinski definition) is 1. The highest BCUT2D eigenvalue weighted by molar-refractivity contribution is 9.11. The molecule has 0 saturated carbocycles. The summed E-state index contributed by atoms with van der Waals surface area (Å²) in [4.78, 5) is 11.8. The van der Waals surface area contributed by atoms with Crippen molar-refractivity contribution in [1.29, 1.82) is 0 Å². The van der Waals surface area contributed by atoms with Crippen LogP contribution < -0.4 is 10.6 Å². The fourth-order valence-corrected chi connectivity index (χ4v) is 2.54. The maximum atomic E-state index is 11.8. The van der Waals surface area contributed by atoms with Gasteiger partial charge in [-0.15, -0.1) is 0 Å². The molecule has 2 aromatic rings. The summed E-state index contributed by atoms with van der Waals surface area (Å²) < 4.78 is 1.77. The van der Waals surface area contributed by atoms with Crippen LogP contribution in [-0.4, -0.2) is 6.03 Å². The first-order valence-electron chi connectivity index (χ1n) is 5.23. The molecule has 2 amide bonds. The third-order valence-corrected chi connectivity index (χ3v) is 3.36. The van der Waals surface area contributed by atoms with Gasteiger partial charge in [-0.05, 0) is 46.3 Å². The minimum atomic E-state index is -0.274. The van der Waals surface area contributed by atoms with Crippen molar-refractivity contribution < 1.29 is 4.79 Å². The van der Waals surface area contributed by atoms with Crippen molar-refractivity contribution in [2.24, 2.45) is 0 Å². The Morgan fingerprint density at radius 3 is 2.33 bits per heavy atom. The molecule has 0 heterocycles.